The summed E-state index contributed by atoms with van der Waals surface area (Å²) in [6.07, 6.45) is 8.59. The van der Waals surface area contributed by atoms with Crippen molar-refractivity contribution in [2.24, 2.45) is 16.3 Å². The Labute approximate surface area is 104 Å². The molecule has 1 unspecified atom stereocenters. The van der Waals surface area contributed by atoms with Gasteiger partial charge < -0.3 is 15.8 Å². The maximum absolute atomic E-state index is 8.68. The van der Waals surface area contributed by atoms with Crippen LogP contribution in [0.2, 0.25) is 0 Å². The number of hydrogen-bond acceptors (Lipinski definition) is 3. The Hall–Kier alpha value is -0.770. The van der Waals surface area contributed by atoms with Crippen LogP contribution >= 0.6 is 0 Å². The molecule has 0 radical (unpaired) electrons. The van der Waals surface area contributed by atoms with E-state index in [1.165, 1.54) is 45.1 Å². The molecule has 1 saturated carbocycles. The van der Waals surface area contributed by atoms with E-state index >= 15 is 0 Å². The molecule has 0 aromatic carbocycles. The first-order valence-electron chi connectivity index (χ1n) is 6.86. The molecule has 3 N–H and O–H groups in total. The molecule has 98 valence electrons. The minimum Gasteiger partial charge on any atom is -0.409 e. The smallest absolute Gasteiger partial charge is 0.139 e. The van der Waals surface area contributed by atoms with Gasteiger partial charge in [-0.1, -0.05) is 18.0 Å². The topological polar surface area (TPSA) is 61.8 Å². The van der Waals surface area contributed by atoms with Gasteiger partial charge in [-0.2, -0.15) is 0 Å². The van der Waals surface area contributed by atoms with E-state index in [9.17, 15) is 0 Å². The standard InChI is InChI=1S/C13H25N3O/c1-11-5-3-2-4-8-16(11)10-13(6-7-13)9-12(14)15-17/h11,17H,2-10H2,1H3,(H2,14,15). The lowest BCUT2D eigenvalue weighted by atomic mass is 10.00. The lowest BCUT2D eigenvalue weighted by molar-refractivity contribution is 0.172. The van der Waals surface area contributed by atoms with Crippen LogP contribution in [-0.2, 0) is 0 Å². The van der Waals surface area contributed by atoms with Crippen LogP contribution in [0.5, 0.6) is 0 Å². The molecule has 4 nitrogen and oxygen atoms in total. The van der Waals surface area contributed by atoms with Gasteiger partial charge in [0.1, 0.15) is 5.84 Å². The van der Waals surface area contributed by atoms with E-state index in [1.54, 1.807) is 0 Å². The van der Waals surface area contributed by atoms with Crippen molar-refractivity contribution in [1.29, 1.82) is 0 Å². The van der Waals surface area contributed by atoms with Crippen molar-refractivity contribution in [1.82, 2.24) is 4.90 Å². The molecule has 0 aromatic rings. The average Bonchev–Trinajstić information content (AvgIpc) is 3.08. The number of oxime groups is 1. The monoisotopic (exact) mass is 239 g/mol. The summed E-state index contributed by atoms with van der Waals surface area (Å²) in [6, 6.07) is 0.697. The van der Waals surface area contributed by atoms with Crippen molar-refractivity contribution < 1.29 is 5.21 Å². The zero-order valence-corrected chi connectivity index (χ0v) is 10.9. The minimum absolute atomic E-state index is 0.314. The quantitative estimate of drug-likeness (QED) is 0.342. The van der Waals surface area contributed by atoms with E-state index in [0.717, 1.165) is 13.0 Å². The van der Waals surface area contributed by atoms with Crippen LogP contribution in [-0.4, -0.2) is 35.1 Å². The van der Waals surface area contributed by atoms with E-state index in [0.29, 0.717) is 17.3 Å². The van der Waals surface area contributed by atoms with Crippen molar-refractivity contribution in [3.63, 3.8) is 0 Å². The highest BCUT2D eigenvalue weighted by molar-refractivity contribution is 5.80. The van der Waals surface area contributed by atoms with Gasteiger partial charge in [-0.3, -0.25) is 0 Å². The normalized spacial score (nSPS) is 29.9. The van der Waals surface area contributed by atoms with Crippen LogP contribution in [0.1, 0.15) is 51.9 Å². The van der Waals surface area contributed by atoms with Gasteiger partial charge in [0.25, 0.3) is 0 Å². The third-order valence-electron chi connectivity index (χ3n) is 4.37. The van der Waals surface area contributed by atoms with Crippen LogP contribution < -0.4 is 5.73 Å². The number of nitrogens with two attached hydrogens (primary N) is 1. The Balaban J connectivity index is 1.90. The van der Waals surface area contributed by atoms with Gasteiger partial charge in [-0.25, -0.2) is 0 Å². The molecule has 2 aliphatic rings. The Morgan fingerprint density at radius 2 is 2.18 bits per heavy atom. The van der Waals surface area contributed by atoms with E-state index in [-0.39, 0.29) is 0 Å². The molecule has 17 heavy (non-hydrogen) atoms. The van der Waals surface area contributed by atoms with Crippen molar-refractivity contribution >= 4 is 5.84 Å². The van der Waals surface area contributed by atoms with E-state index < -0.39 is 0 Å². The van der Waals surface area contributed by atoms with E-state index in [4.69, 9.17) is 10.9 Å². The Morgan fingerprint density at radius 1 is 1.41 bits per heavy atom. The van der Waals surface area contributed by atoms with Gasteiger partial charge in [0.15, 0.2) is 0 Å². The van der Waals surface area contributed by atoms with E-state index in [2.05, 4.69) is 17.0 Å². The predicted octanol–water partition coefficient (Wildman–Crippen LogP) is 2.17. The molecule has 1 aliphatic carbocycles. The lowest BCUT2D eigenvalue weighted by Gasteiger charge is -2.31. The maximum atomic E-state index is 8.68. The summed E-state index contributed by atoms with van der Waals surface area (Å²) in [6.45, 7) is 4.69. The molecule has 0 spiro atoms. The highest BCUT2D eigenvalue weighted by Crippen LogP contribution is 2.49. The van der Waals surface area contributed by atoms with Crippen LogP contribution in [0, 0.1) is 5.41 Å². The van der Waals surface area contributed by atoms with E-state index in [1.807, 2.05) is 0 Å². The second-order valence-corrected chi connectivity index (χ2v) is 5.94. The van der Waals surface area contributed by atoms with Crippen LogP contribution in [0.25, 0.3) is 0 Å². The Kier molecular flexibility index (Phi) is 3.92. The molecule has 0 aromatic heterocycles. The third kappa shape index (κ3) is 3.35. The zero-order valence-electron chi connectivity index (χ0n) is 10.9. The zero-order chi connectivity index (χ0) is 12.3. The number of amidine groups is 1. The summed E-state index contributed by atoms with van der Waals surface area (Å²) in [4.78, 5) is 2.62. The van der Waals surface area contributed by atoms with Crippen molar-refractivity contribution in [2.45, 2.75) is 57.9 Å². The number of hydrogen-bond donors (Lipinski definition) is 2. The summed E-state index contributed by atoms with van der Waals surface area (Å²) >= 11 is 0. The van der Waals surface area contributed by atoms with Crippen molar-refractivity contribution in [2.75, 3.05) is 13.1 Å². The highest BCUT2D eigenvalue weighted by Gasteiger charge is 2.45. The second kappa shape index (κ2) is 5.25. The first-order valence-corrected chi connectivity index (χ1v) is 6.86. The first-order chi connectivity index (χ1) is 8.15. The SMILES string of the molecule is CC1CCCCCN1CC1(CC(N)=NO)CC1. The number of rotatable bonds is 4. The van der Waals surface area contributed by atoms with Gasteiger partial charge in [0.2, 0.25) is 0 Å². The van der Waals surface area contributed by atoms with Gasteiger partial charge >= 0.3 is 0 Å². The highest BCUT2D eigenvalue weighted by atomic mass is 16.4. The molecular formula is C13H25N3O. The molecule has 2 rings (SSSR count). The largest absolute Gasteiger partial charge is 0.409 e. The molecule has 1 saturated heterocycles. The third-order valence-corrected chi connectivity index (χ3v) is 4.37. The van der Waals surface area contributed by atoms with Crippen LogP contribution in [0.4, 0.5) is 0 Å². The predicted molar refractivity (Wildman–Crippen MR) is 69.2 cm³/mol. The second-order valence-electron chi connectivity index (χ2n) is 5.94. The van der Waals surface area contributed by atoms with Gasteiger partial charge in [-0.05, 0) is 44.6 Å². The summed E-state index contributed by atoms with van der Waals surface area (Å²) < 4.78 is 0. The molecule has 1 heterocycles. The van der Waals surface area contributed by atoms with Crippen LogP contribution in [0.15, 0.2) is 5.16 Å². The Morgan fingerprint density at radius 3 is 2.82 bits per heavy atom. The summed E-state index contributed by atoms with van der Waals surface area (Å²) in [5, 5.41) is 11.8. The molecule has 1 aliphatic heterocycles. The molecular weight excluding hydrogens is 214 g/mol. The number of nitrogens with zero attached hydrogens (tertiary/aromatic N) is 2. The molecule has 0 amide bonds. The minimum atomic E-state index is 0.314. The van der Waals surface area contributed by atoms with Crippen LogP contribution in [0.3, 0.4) is 0 Å². The maximum Gasteiger partial charge on any atom is 0.139 e. The fourth-order valence-corrected chi connectivity index (χ4v) is 2.99. The first kappa shape index (κ1) is 12.7. The lowest BCUT2D eigenvalue weighted by Crippen LogP contribution is -2.38. The summed E-state index contributed by atoms with van der Waals surface area (Å²) in [5.41, 5.74) is 5.97. The van der Waals surface area contributed by atoms with Gasteiger partial charge in [0, 0.05) is 19.0 Å². The fourth-order valence-electron chi connectivity index (χ4n) is 2.99. The van der Waals surface area contributed by atoms with Crippen molar-refractivity contribution in [3.8, 4) is 0 Å². The Bertz CT molecular complexity index is 286. The molecule has 1 atom stereocenters. The number of likely N-dealkylation sites (tertiary alicyclic amines) is 1. The summed E-state index contributed by atoms with van der Waals surface area (Å²) in [7, 11) is 0. The van der Waals surface area contributed by atoms with Gasteiger partial charge in [0.05, 0.1) is 0 Å². The molecule has 0 bridgehead atoms. The average molecular weight is 239 g/mol. The summed E-state index contributed by atoms with van der Waals surface area (Å²) in [5.74, 6) is 0.393. The van der Waals surface area contributed by atoms with Gasteiger partial charge in [-0.15, -0.1) is 0 Å². The van der Waals surface area contributed by atoms with Crippen molar-refractivity contribution in [3.05, 3.63) is 0 Å². The molecule has 2 fully saturated rings. The fraction of sp³-hybridized carbons (Fsp3) is 0.923. The molecule has 4 heteroatoms.